The molecular weight excluding hydrogens is 370 g/mol. The summed E-state index contributed by atoms with van der Waals surface area (Å²) in [6.07, 6.45) is -10.0. The predicted octanol–water partition coefficient (Wildman–Crippen LogP) is 2.07. The topological polar surface area (TPSA) is 49.7 Å². The predicted molar refractivity (Wildman–Crippen MR) is 47.3 cm³/mol. The minimum absolute atomic E-state index is 0. The monoisotopic (exact) mass is 376 g/mol. The molecule has 19 heavy (non-hydrogen) atoms. The van der Waals surface area contributed by atoms with Crippen molar-refractivity contribution in [2.24, 2.45) is 0 Å². The maximum atomic E-state index is 12.3. The van der Waals surface area contributed by atoms with Gasteiger partial charge in [-0.25, -0.2) is 0 Å². The van der Waals surface area contributed by atoms with Crippen molar-refractivity contribution in [1.82, 2.24) is 0 Å². The molecule has 0 aliphatic carbocycles. The Morgan fingerprint density at radius 3 is 1.47 bits per heavy atom. The molecule has 0 amide bonds. The van der Waals surface area contributed by atoms with E-state index < -0.39 is 36.6 Å². The van der Waals surface area contributed by atoms with Gasteiger partial charge in [0.2, 0.25) is 0 Å². The van der Waals surface area contributed by atoms with Crippen LogP contribution in [0.25, 0.3) is 0 Å². The molecule has 0 unspecified atom stereocenters. The Balaban J connectivity index is 0.00000324. The molecule has 0 atom stereocenters. The average Bonchev–Trinajstić information content (AvgIpc) is 2.13. The maximum absolute atomic E-state index is 12.3. The van der Waals surface area contributed by atoms with Gasteiger partial charge >= 0.3 is 19.7 Å². The summed E-state index contributed by atoms with van der Waals surface area (Å²) in [6.45, 7) is 0. The van der Waals surface area contributed by atoms with Gasteiger partial charge in [0.05, 0.1) is 11.1 Å². The number of rotatable bonds is 2. The number of hydrogen-bond donors (Lipinski definition) is 2. The quantitative estimate of drug-likeness (QED) is 0.615. The molecule has 3 nitrogen and oxygen atoms in total. The third kappa shape index (κ3) is 5.38. The van der Waals surface area contributed by atoms with Crippen molar-refractivity contribution < 1.29 is 60.5 Å². The van der Waals surface area contributed by atoms with Gasteiger partial charge in [0.1, 0.15) is 5.75 Å². The summed E-state index contributed by atoms with van der Waals surface area (Å²) < 4.78 is 78.0. The molecule has 0 radical (unpaired) electrons. The van der Waals surface area contributed by atoms with Gasteiger partial charge in [-0.1, -0.05) is 0 Å². The molecule has 0 bridgehead atoms. The zero-order valence-electron chi connectivity index (χ0n) is 8.73. The molecular formula is C8H5BF6O3Ru. The van der Waals surface area contributed by atoms with Gasteiger partial charge < -0.3 is 14.7 Å². The second-order valence-corrected chi connectivity index (χ2v) is 3.19. The standard InChI is InChI=1S/C8H5BF6O3.Ru/c10-7(11,12)4-1-5(8(13,14)15)3-6(2-4)18-9(16)17;/h1-3,16-17H;. The molecule has 0 spiro atoms. The molecule has 0 saturated carbocycles. The third-order valence-corrected chi connectivity index (χ3v) is 1.80. The van der Waals surface area contributed by atoms with Gasteiger partial charge in [-0.15, -0.1) is 0 Å². The molecule has 0 heterocycles. The Hall–Kier alpha value is -0.792. The number of alkyl halides is 6. The van der Waals surface area contributed by atoms with E-state index in [9.17, 15) is 26.3 Å². The van der Waals surface area contributed by atoms with E-state index >= 15 is 0 Å². The molecule has 0 aliphatic heterocycles. The van der Waals surface area contributed by atoms with Crippen LogP contribution in [0.15, 0.2) is 18.2 Å². The number of hydrogen-bond acceptors (Lipinski definition) is 3. The fourth-order valence-electron chi connectivity index (χ4n) is 1.12. The van der Waals surface area contributed by atoms with Gasteiger partial charge in [0.15, 0.2) is 0 Å². The maximum Gasteiger partial charge on any atom is 0.707 e. The first-order valence-electron chi connectivity index (χ1n) is 4.32. The Kier molecular flexibility index (Phi) is 5.85. The second-order valence-electron chi connectivity index (χ2n) is 3.19. The van der Waals surface area contributed by atoms with Gasteiger partial charge in [0.25, 0.3) is 0 Å². The summed E-state index contributed by atoms with van der Waals surface area (Å²) in [5.74, 6) is -0.952. The molecule has 11 heteroatoms. The fraction of sp³-hybridized carbons (Fsp3) is 0.250. The molecule has 0 saturated heterocycles. The molecule has 0 aromatic heterocycles. The van der Waals surface area contributed by atoms with Gasteiger partial charge in [-0.05, 0) is 18.2 Å². The summed E-state index contributed by atoms with van der Waals surface area (Å²) in [6, 6.07) is 0.361. The van der Waals surface area contributed by atoms with Crippen LogP contribution in [-0.2, 0) is 31.8 Å². The largest absolute Gasteiger partial charge is 0.707 e. The SMILES string of the molecule is OB(O)Oc1cc(C(F)(F)F)cc(C(F)(F)F)c1.[Ru]. The minimum Gasteiger partial charge on any atom is -0.512 e. The van der Waals surface area contributed by atoms with Gasteiger partial charge in [-0.2, -0.15) is 26.3 Å². The molecule has 2 N–H and O–H groups in total. The van der Waals surface area contributed by atoms with Crippen LogP contribution in [0.1, 0.15) is 11.1 Å². The second kappa shape index (κ2) is 6.11. The van der Waals surface area contributed by atoms with Crippen molar-refractivity contribution in [3.05, 3.63) is 29.3 Å². The fourth-order valence-corrected chi connectivity index (χ4v) is 1.12. The van der Waals surface area contributed by atoms with Gasteiger partial charge in [-0.3, -0.25) is 0 Å². The van der Waals surface area contributed by atoms with E-state index in [0.29, 0.717) is 0 Å². The molecule has 108 valence electrons. The Labute approximate surface area is 116 Å². The number of benzene rings is 1. The van der Waals surface area contributed by atoms with E-state index in [1.165, 1.54) is 0 Å². The van der Waals surface area contributed by atoms with Crippen molar-refractivity contribution in [2.45, 2.75) is 12.4 Å². The van der Waals surface area contributed by atoms with Crippen LogP contribution in [0.5, 0.6) is 5.75 Å². The van der Waals surface area contributed by atoms with E-state index in [2.05, 4.69) is 4.65 Å². The summed E-state index contributed by atoms with van der Waals surface area (Å²) in [5, 5.41) is 16.7. The average molecular weight is 375 g/mol. The van der Waals surface area contributed by atoms with E-state index in [0.717, 1.165) is 0 Å². The Bertz CT molecular complexity index is 401. The Morgan fingerprint density at radius 1 is 0.842 bits per heavy atom. The van der Waals surface area contributed by atoms with Crippen molar-refractivity contribution in [3.8, 4) is 5.75 Å². The first-order valence-corrected chi connectivity index (χ1v) is 4.32. The van der Waals surface area contributed by atoms with E-state index in [-0.39, 0.29) is 37.7 Å². The molecule has 1 aromatic carbocycles. The van der Waals surface area contributed by atoms with Crippen LogP contribution < -0.4 is 4.65 Å². The van der Waals surface area contributed by atoms with E-state index in [1.54, 1.807) is 0 Å². The molecule has 1 aromatic rings. The van der Waals surface area contributed by atoms with Crippen LogP contribution >= 0.6 is 0 Å². The zero-order valence-corrected chi connectivity index (χ0v) is 10.5. The normalized spacial score (nSPS) is 11.8. The van der Waals surface area contributed by atoms with E-state index in [4.69, 9.17) is 10.0 Å². The van der Waals surface area contributed by atoms with Crippen molar-refractivity contribution in [2.75, 3.05) is 0 Å². The number of halogens is 6. The van der Waals surface area contributed by atoms with Crippen molar-refractivity contribution in [3.63, 3.8) is 0 Å². The smallest absolute Gasteiger partial charge is 0.512 e. The third-order valence-electron chi connectivity index (χ3n) is 1.80. The first-order chi connectivity index (χ1) is 8.00. The summed E-state index contributed by atoms with van der Waals surface area (Å²) >= 11 is 0. The van der Waals surface area contributed by atoms with Crippen molar-refractivity contribution >= 4 is 7.32 Å². The van der Waals surface area contributed by atoms with Crippen LogP contribution in [0.4, 0.5) is 26.3 Å². The van der Waals surface area contributed by atoms with Crippen LogP contribution in [0.3, 0.4) is 0 Å². The van der Waals surface area contributed by atoms with Gasteiger partial charge in [0, 0.05) is 19.5 Å². The van der Waals surface area contributed by atoms with Crippen LogP contribution in [0.2, 0.25) is 0 Å². The van der Waals surface area contributed by atoms with Crippen LogP contribution in [0, 0.1) is 0 Å². The summed E-state index contributed by atoms with van der Waals surface area (Å²) in [4.78, 5) is 0. The minimum atomic E-state index is -5.01. The zero-order chi connectivity index (χ0) is 14.1. The molecule has 0 fully saturated rings. The molecule has 1 rings (SSSR count). The van der Waals surface area contributed by atoms with Crippen molar-refractivity contribution in [1.29, 1.82) is 0 Å². The van der Waals surface area contributed by atoms with Crippen LogP contribution in [-0.4, -0.2) is 17.4 Å². The first kappa shape index (κ1) is 18.2. The van der Waals surface area contributed by atoms with E-state index in [1.807, 2.05) is 0 Å². The summed E-state index contributed by atoms with van der Waals surface area (Å²) in [5.41, 5.74) is -3.21. The summed E-state index contributed by atoms with van der Waals surface area (Å²) in [7, 11) is -2.52. The molecule has 0 aliphatic rings. The Morgan fingerprint density at radius 2 is 1.21 bits per heavy atom.